The molecule has 10 nitrogen and oxygen atoms in total. The van der Waals surface area contributed by atoms with Gasteiger partial charge < -0.3 is 14.2 Å². The summed E-state index contributed by atoms with van der Waals surface area (Å²) >= 11 is 0. The highest BCUT2D eigenvalue weighted by molar-refractivity contribution is 7.89. The molecule has 172 valence electrons. The number of sulfonamides is 1. The zero-order valence-electron chi connectivity index (χ0n) is 17.7. The minimum absolute atomic E-state index is 0.00143. The van der Waals surface area contributed by atoms with Crippen molar-refractivity contribution in [2.75, 3.05) is 27.4 Å². The number of benzene rings is 2. The maximum atomic E-state index is 13.6. The second-order valence-electron chi connectivity index (χ2n) is 6.74. The van der Waals surface area contributed by atoms with Crippen molar-refractivity contribution < 1.29 is 27.0 Å². The number of fused-ring (bicyclic) bond motifs is 1. The number of hydrogen-bond acceptors (Lipinski definition) is 8. The number of halogens is 1. The van der Waals surface area contributed by atoms with Gasteiger partial charge in [-0.2, -0.15) is 4.52 Å². The average Bonchev–Trinajstić information content (AvgIpc) is 3.25. The van der Waals surface area contributed by atoms with E-state index in [1.165, 1.54) is 43.0 Å². The highest BCUT2D eigenvalue weighted by atomic mass is 32.2. The van der Waals surface area contributed by atoms with Crippen molar-refractivity contribution in [3.8, 4) is 28.8 Å². The van der Waals surface area contributed by atoms with Crippen molar-refractivity contribution in [2.45, 2.75) is 4.90 Å². The van der Waals surface area contributed by atoms with Gasteiger partial charge in [-0.3, -0.25) is 0 Å². The molecule has 0 aliphatic carbocycles. The first-order valence-corrected chi connectivity index (χ1v) is 11.2. The van der Waals surface area contributed by atoms with Gasteiger partial charge in [-0.25, -0.2) is 17.5 Å². The fraction of sp³-hybridized carbons (Fsp3) is 0.190. The van der Waals surface area contributed by atoms with Crippen molar-refractivity contribution in [1.29, 1.82) is 0 Å². The molecule has 2 aromatic heterocycles. The van der Waals surface area contributed by atoms with Crippen LogP contribution in [0.1, 0.15) is 0 Å². The first-order valence-electron chi connectivity index (χ1n) is 9.74. The number of methoxy groups -OCH3 is 2. The Kier molecular flexibility index (Phi) is 6.38. The topological polar surface area (TPSA) is 117 Å². The van der Waals surface area contributed by atoms with E-state index in [4.69, 9.17) is 14.2 Å². The molecule has 0 aliphatic heterocycles. The molecule has 33 heavy (non-hydrogen) atoms. The molecule has 12 heteroatoms. The van der Waals surface area contributed by atoms with Crippen LogP contribution in [-0.2, 0) is 10.0 Å². The lowest BCUT2D eigenvalue weighted by Crippen LogP contribution is -2.28. The smallest absolute Gasteiger partial charge is 0.244 e. The molecule has 0 saturated heterocycles. The quantitative estimate of drug-likeness (QED) is 0.368. The molecule has 0 radical (unpaired) electrons. The van der Waals surface area contributed by atoms with E-state index in [0.717, 1.165) is 0 Å². The normalized spacial score (nSPS) is 11.5. The van der Waals surface area contributed by atoms with E-state index in [1.54, 1.807) is 30.3 Å². The Morgan fingerprint density at radius 1 is 1.03 bits per heavy atom. The number of nitrogens with zero attached hydrogens (tertiary/aromatic N) is 4. The monoisotopic (exact) mass is 473 g/mol. The van der Waals surface area contributed by atoms with Crippen molar-refractivity contribution in [3.63, 3.8) is 0 Å². The average molecular weight is 473 g/mol. The van der Waals surface area contributed by atoms with Gasteiger partial charge in [0, 0.05) is 24.2 Å². The van der Waals surface area contributed by atoms with Crippen molar-refractivity contribution in [1.82, 2.24) is 24.5 Å². The van der Waals surface area contributed by atoms with E-state index in [9.17, 15) is 12.8 Å². The van der Waals surface area contributed by atoms with E-state index < -0.39 is 15.8 Å². The summed E-state index contributed by atoms with van der Waals surface area (Å²) in [6.07, 6.45) is 0. The predicted octanol–water partition coefficient (Wildman–Crippen LogP) is 2.30. The second kappa shape index (κ2) is 9.38. The first kappa shape index (κ1) is 22.4. The summed E-state index contributed by atoms with van der Waals surface area (Å²) in [6, 6.07) is 13.6. The summed E-state index contributed by atoms with van der Waals surface area (Å²) in [4.78, 5) is -0.0480. The van der Waals surface area contributed by atoms with Crippen LogP contribution in [0.15, 0.2) is 59.5 Å². The van der Waals surface area contributed by atoms with Gasteiger partial charge in [-0.05, 0) is 30.3 Å². The van der Waals surface area contributed by atoms with Crippen molar-refractivity contribution in [3.05, 3.63) is 60.4 Å². The van der Waals surface area contributed by atoms with Crippen LogP contribution < -0.4 is 18.9 Å². The second-order valence-corrected chi connectivity index (χ2v) is 8.47. The lowest BCUT2D eigenvalue weighted by molar-refractivity contribution is 0.305. The first-order chi connectivity index (χ1) is 15.9. The molecule has 0 bridgehead atoms. The third-order valence-electron chi connectivity index (χ3n) is 4.63. The standard InChI is InChI=1S/C21H20FN5O5S/c1-30-16-6-7-17(31-2)18(13-16)33(28,29)23-10-11-32-20-9-8-19-24-25-21(27(19)26-20)14-4-3-5-15(22)12-14/h3-9,12-13,23H,10-11H2,1-2H3. The summed E-state index contributed by atoms with van der Waals surface area (Å²) in [7, 11) is -1.05. The highest BCUT2D eigenvalue weighted by Crippen LogP contribution is 2.28. The van der Waals surface area contributed by atoms with Gasteiger partial charge >= 0.3 is 0 Å². The number of aromatic nitrogens is 4. The molecule has 4 rings (SSSR count). The molecule has 2 aromatic carbocycles. The zero-order valence-corrected chi connectivity index (χ0v) is 18.5. The fourth-order valence-electron chi connectivity index (χ4n) is 3.06. The van der Waals surface area contributed by atoms with Gasteiger partial charge in [0.05, 0.1) is 14.2 Å². The number of hydrogen-bond donors (Lipinski definition) is 1. The van der Waals surface area contributed by atoms with Crippen LogP contribution in [0, 0.1) is 5.82 Å². The molecule has 0 aliphatic rings. The Bertz CT molecular complexity index is 1390. The maximum Gasteiger partial charge on any atom is 0.244 e. The van der Waals surface area contributed by atoms with Gasteiger partial charge in [0.2, 0.25) is 15.9 Å². The summed E-state index contributed by atoms with van der Waals surface area (Å²) in [5, 5.41) is 12.4. The molecule has 0 atom stereocenters. The van der Waals surface area contributed by atoms with Crippen LogP contribution in [-0.4, -0.2) is 55.6 Å². The van der Waals surface area contributed by atoms with E-state index in [2.05, 4.69) is 20.0 Å². The Morgan fingerprint density at radius 2 is 1.88 bits per heavy atom. The van der Waals surface area contributed by atoms with Crippen molar-refractivity contribution >= 4 is 15.7 Å². The van der Waals surface area contributed by atoms with Gasteiger partial charge in [0.15, 0.2) is 11.5 Å². The minimum Gasteiger partial charge on any atom is -0.497 e. The van der Waals surface area contributed by atoms with Crippen molar-refractivity contribution in [2.24, 2.45) is 0 Å². The Labute approximate surface area is 189 Å². The molecule has 0 unspecified atom stereocenters. The van der Waals surface area contributed by atoms with Crippen LogP contribution in [0.5, 0.6) is 17.4 Å². The van der Waals surface area contributed by atoms with E-state index in [-0.39, 0.29) is 29.7 Å². The fourth-order valence-corrected chi connectivity index (χ4v) is 4.26. The summed E-state index contributed by atoms with van der Waals surface area (Å²) in [6.45, 7) is -0.0250. The van der Waals surface area contributed by atoms with Gasteiger partial charge in [0.1, 0.15) is 28.8 Å². The van der Waals surface area contributed by atoms with Gasteiger partial charge in [0.25, 0.3) is 0 Å². The Balaban J connectivity index is 1.45. The van der Waals surface area contributed by atoms with Crippen LogP contribution in [0.4, 0.5) is 4.39 Å². The molecule has 2 heterocycles. The summed E-state index contributed by atoms with van der Waals surface area (Å²) in [5.41, 5.74) is 0.958. The van der Waals surface area contributed by atoms with Crippen LogP contribution in [0.2, 0.25) is 0 Å². The number of rotatable bonds is 9. The van der Waals surface area contributed by atoms with Gasteiger partial charge in [-0.15, -0.1) is 15.3 Å². The van der Waals surface area contributed by atoms with Gasteiger partial charge in [-0.1, -0.05) is 12.1 Å². The van der Waals surface area contributed by atoms with Crippen LogP contribution >= 0.6 is 0 Å². The predicted molar refractivity (Wildman–Crippen MR) is 116 cm³/mol. The highest BCUT2D eigenvalue weighted by Gasteiger charge is 2.20. The Morgan fingerprint density at radius 3 is 2.64 bits per heavy atom. The van der Waals surface area contributed by atoms with E-state index >= 15 is 0 Å². The molecule has 4 aromatic rings. The van der Waals surface area contributed by atoms with Crippen LogP contribution in [0.3, 0.4) is 0 Å². The third kappa shape index (κ3) is 4.86. The molecule has 0 spiro atoms. The molecule has 0 fully saturated rings. The molecule has 0 saturated carbocycles. The molecule has 0 amide bonds. The Hall–Kier alpha value is -3.77. The lowest BCUT2D eigenvalue weighted by Gasteiger charge is -2.12. The van der Waals surface area contributed by atoms with E-state index in [1.807, 2.05) is 0 Å². The minimum atomic E-state index is -3.88. The van der Waals surface area contributed by atoms with Crippen LogP contribution in [0.25, 0.3) is 17.0 Å². The zero-order chi connectivity index (χ0) is 23.4. The number of nitrogens with one attached hydrogen (secondary N) is 1. The molecular weight excluding hydrogens is 453 g/mol. The summed E-state index contributed by atoms with van der Waals surface area (Å²) < 4.78 is 58.7. The summed E-state index contributed by atoms with van der Waals surface area (Å²) in [5.74, 6) is 0.734. The third-order valence-corrected chi connectivity index (χ3v) is 6.11. The lowest BCUT2D eigenvalue weighted by atomic mass is 10.2. The molecular formula is C21H20FN5O5S. The SMILES string of the molecule is COc1ccc(OC)c(S(=O)(=O)NCCOc2ccc3nnc(-c4cccc(F)c4)n3n2)c1. The largest absolute Gasteiger partial charge is 0.497 e. The maximum absolute atomic E-state index is 13.6. The number of ether oxygens (including phenoxy) is 3. The van der Waals surface area contributed by atoms with E-state index in [0.29, 0.717) is 22.8 Å². The molecule has 1 N–H and O–H groups in total.